The minimum Gasteiger partial charge on any atom is -0.465 e. The first kappa shape index (κ1) is 8.16. The topological polar surface area (TPSA) is 52.1 Å². The van der Waals surface area contributed by atoms with Gasteiger partial charge in [-0.05, 0) is 12.8 Å². The van der Waals surface area contributed by atoms with Crippen molar-refractivity contribution in [2.24, 2.45) is 0 Å². The van der Waals surface area contributed by atoms with Crippen LogP contribution in [-0.2, 0) is 4.74 Å². The summed E-state index contributed by atoms with van der Waals surface area (Å²) in [5.41, 5.74) is 1.34. The second kappa shape index (κ2) is 3.12. The van der Waals surface area contributed by atoms with Crippen molar-refractivity contribution in [2.75, 3.05) is 7.11 Å². The first-order valence-electron chi connectivity index (χ1n) is 4.21. The quantitative estimate of drug-likeness (QED) is 0.637. The number of methoxy groups -OCH3 is 1. The van der Waals surface area contributed by atoms with Crippen molar-refractivity contribution in [1.82, 2.24) is 9.97 Å². The van der Waals surface area contributed by atoms with Crippen LogP contribution in [0.3, 0.4) is 0 Å². The number of hydrogen-bond acceptors (Lipinski definition) is 4. The normalized spacial score (nSPS) is 15.5. The number of esters is 1. The summed E-state index contributed by atoms with van der Waals surface area (Å²) in [6.07, 6.45) is 5.22. The number of nitrogens with zero attached hydrogens (tertiary/aromatic N) is 2. The molecule has 4 nitrogen and oxygen atoms in total. The van der Waals surface area contributed by atoms with Crippen molar-refractivity contribution in [3.63, 3.8) is 0 Å². The van der Waals surface area contributed by atoms with Gasteiger partial charge in [0, 0.05) is 12.1 Å². The molecule has 1 heterocycles. The summed E-state index contributed by atoms with van der Waals surface area (Å²) in [5, 5.41) is 0. The van der Waals surface area contributed by atoms with E-state index < -0.39 is 0 Å². The van der Waals surface area contributed by atoms with Crippen molar-refractivity contribution in [3.05, 3.63) is 23.8 Å². The molecular formula is C9H10N2O2. The lowest BCUT2D eigenvalue weighted by atomic mass is 10.1. The number of rotatable bonds is 2. The molecule has 1 aliphatic rings. The average molecular weight is 178 g/mol. The van der Waals surface area contributed by atoms with Gasteiger partial charge in [-0.15, -0.1) is 0 Å². The highest BCUT2D eigenvalue weighted by molar-refractivity contribution is 5.90. The van der Waals surface area contributed by atoms with E-state index in [1.165, 1.54) is 19.6 Å². The Hall–Kier alpha value is -1.45. The molecule has 1 fully saturated rings. The molecule has 0 atom stereocenters. The number of hydrogen-bond donors (Lipinski definition) is 0. The van der Waals surface area contributed by atoms with Gasteiger partial charge in [0.15, 0.2) is 0 Å². The monoisotopic (exact) mass is 178 g/mol. The van der Waals surface area contributed by atoms with Crippen LogP contribution in [0.5, 0.6) is 0 Å². The lowest BCUT2D eigenvalue weighted by Crippen LogP contribution is -2.07. The van der Waals surface area contributed by atoms with E-state index in [4.69, 9.17) is 0 Å². The molecule has 2 rings (SSSR count). The van der Waals surface area contributed by atoms with Gasteiger partial charge in [0.2, 0.25) is 0 Å². The molecule has 0 amide bonds. The standard InChI is InChI=1S/C9H10N2O2/c1-13-9(12)7-4-10-5-11-8(7)6-2-3-6/h4-6H,2-3H2,1H3. The van der Waals surface area contributed by atoms with Crippen LogP contribution in [0.1, 0.15) is 34.8 Å². The predicted molar refractivity (Wildman–Crippen MR) is 45.3 cm³/mol. The molecule has 1 saturated carbocycles. The highest BCUT2D eigenvalue weighted by Crippen LogP contribution is 2.40. The third-order valence-corrected chi connectivity index (χ3v) is 2.11. The van der Waals surface area contributed by atoms with Crippen molar-refractivity contribution >= 4 is 5.97 Å². The fourth-order valence-electron chi connectivity index (χ4n) is 1.29. The summed E-state index contributed by atoms with van der Waals surface area (Å²) in [6.45, 7) is 0. The molecule has 0 aliphatic heterocycles. The molecule has 0 saturated heterocycles. The van der Waals surface area contributed by atoms with Crippen LogP contribution in [0, 0.1) is 0 Å². The molecule has 0 radical (unpaired) electrons. The Morgan fingerprint density at radius 3 is 3.00 bits per heavy atom. The number of carbonyl (C=O) groups excluding carboxylic acids is 1. The Kier molecular flexibility index (Phi) is 1.96. The minimum absolute atomic E-state index is 0.345. The van der Waals surface area contributed by atoms with E-state index in [9.17, 15) is 4.79 Å². The molecule has 0 unspecified atom stereocenters. The maximum atomic E-state index is 11.3. The Morgan fingerprint density at radius 2 is 2.38 bits per heavy atom. The smallest absolute Gasteiger partial charge is 0.341 e. The summed E-state index contributed by atoms with van der Waals surface area (Å²) in [5.74, 6) is 0.0969. The van der Waals surface area contributed by atoms with Gasteiger partial charge < -0.3 is 4.74 Å². The first-order valence-corrected chi connectivity index (χ1v) is 4.21. The highest BCUT2D eigenvalue weighted by Gasteiger charge is 2.29. The van der Waals surface area contributed by atoms with Gasteiger partial charge in [0.1, 0.15) is 6.33 Å². The number of carbonyl (C=O) groups is 1. The van der Waals surface area contributed by atoms with Gasteiger partial charge in [-0.1, -0.05) is 0 Å². The van der Waals surface area contributed by atoms with E-state index in [1.54, 1.807) is 0 Å². The zero-order valence-corrected chi connectivity index (χ0v) is 7.36. The third-order valence-electron chi connectivity index (χ3n) is 2.11. The van der Waals surface area contributed by atoms with Crippen LogP contribution < -0.4 is 0 Å². The zero-order chi connectivity index (χ0) is 9.26. The zero-order valence-electron chi connectivity index (χ0n) is 7.36. The van der Waals surface area contributed by atoms with E-state index in [2.05, 4.69) is 14.7 Å². The van der Waals surface area contributed by atoms with Gasteiger partial charge in [-0.2, -0.15) is 0 Å². The Morgan fingerprint density at radius 1 is 1.62 bits per heavy atom. The summed E-state index contributed by atoms with van der Waals surface area (Å²) in [4.78, 5) is 19.2. The van der Waals surface area contributed by atoms with Gasteiger partial charge in [-0.25, -0.2) is 14.8 Å². The molecule has 13 heavy (non-hydrogen) atoms. The maximum Gasteiger partial charge on any atom is 0.341 e. The van der Waals surface area contributed by atoms with Crippen LogP contribution in [0.2, 0.25) is 0 Å². The van der Waals surface area contributed by atoms with Crippen molar-refractivity contribution in [1.29, 1.82) is 0 Å². The molecule has 68 valence electrons. The van der Waals surface area contributed by atoms with Crippen LogP contribution in [0.25, 0.3) is 0 Å². The largest absolute Gasteiger partial charge is 0.465 e. The molecule has 1 aromatic rings. The Labute approximate surface area is 76.0 Å². The molecule has 4 heteroatoms. The van der Waals surface area contributed by atoms with Gasteiger partial charge >= 0.3 is 5.97 Å². The van der Waals surface area contributed by atoms with Crippen molar-refractivity contribution < 1.29 is 9.53 Å². The van der Waals surface area contributed by atoms with Crippen LogP contribution in [-0.4, -0.2) is 23.0 Å². The highest BCUT2D eigenvalue weighted by atomic mass is 16.5. The second-order valence-corrected chi connectivity index (χ2v) is 3.09. The van der Waals surface area contributed by atoms with E-state index in [-0.39, 0.29) is 5.97 Å². The fourth-order valence-corrected chi connectivity index (χ4v) is 1.29. The first-order chi connectivity index (χ1) is 6.33. The number of ether oxygens (including phenoxy) is 1. The average Bonchev–Trinajstić information content (AvgIpc) is 3.00. The molecule has 0 bridgehead atoms. The summed E-state index contributed by atoms with van der Waals surface area (Å²) >= 11 is 0. The van der Waals surface area contributed by atoms with Gasteiger partial charge in [0.25, 0.3) is 0 Å². The van der Waals surface area contributed by atoms with Crippen molar-refractivity contribution in [3.8, 4) is 0 Å². The van der Waals surface area contributed by atoms with Gasteiger partial charge in [-0.3, -0.25) is 0 Å². The minimum atomic E-state index is -0.345. The molecule has 0 spiro atoms. The van der Waals surface area contributed by atoms with E-state index in [0.717, 1.165) is 18.5 Å². The van der Waals surface area contributed by atoms with Crippen molar-refractivity contribution in [2.45, 2.75) is 18.8 Å². The Bertz CT molecular complexity index is 334. The molecule has 1 aliphatic carbocycles. The van der Waals surface area contributed by atoms with E-state index in [0.29, 0.717) is 11.5 Å². The van der Waals surface area contributed by atoms with Crippen LogP contribution in [0.15, 0.2) is 12.5 Å². The number of aromatic nitrogens is 2. The molecule has 0 N–H and O–H groups in total. The molecule has 0 aromatic carbocycles. The van der Waals surface area contributed by atoms with Crippen LogP contribution >= 0.6 is 0 Å². The fraction of sp³-hybridized carbons (Fsp3) is 0.444. The lowest BCUT2D eigenvalue weighted by Gasteiger charge is -2.03. The van der Waals surface area contributed by atoms with Crippen LogP contribution in [0.4, 0.5) is 0 Å². The molecule has 1 aromatic heterocycles. The Balaban J connectivity index is 2.36. The summed E-state index contributed by atoms with van der Waals surface area (Å²) in [7, 11) is 1.37. The third kappa shape index (κ3) is 1.52. The van der Waals surface area contributed by atoms with E-state index >= 15 is 0 Å². The summed E-state index contributed by atoms with van der Waals surface area (Å²) in [6, 6.07) is 0. The second-order valence-electron chi connectivity index (χ2n) is 3.09. The predicted octanol–water partition coefficient (Wildman–Crippen LogP) is 1.14. The SMILES string of the molecule is COC(=O)c1cncnc1C1CC1. The van der Waals surface area contributed by atoms with E-state index in [1.807, 2.05) is 0 Å². The lowest BCUT2D eigenvalue weighted by molar-refractivity contribution is 0.0598. The maximum absolute atomic E-state index is 11.3. The molecular weight excluding hydrogens is 168 g/mol. The summed E-state index contributed by atoms with van der Waals surface area (Å²) < 4.78 is 4.64. The van der Waals surface area contributed by atoms with Gasteiger partial charge in [0.05, 0.1) is 18.4 Å².